The molecule has 1 fully saturated rings. The molecule has 1 aromatic heterocycles. The monoisotopic (exact) mass is 544 g/mol. The summed E-state index contributed by atoms with van der Waals surface area (Å²) in [5.74, 6) is -0.463. The fourth-order valence-electron chi connectivity index (χ4n) is 5.70. The number of aromatic nitrogens is 2. The van der Waals surface area contributed by atoms with E-state index in [-0.39, 0.29) is 17.8 Å². The second-order valence-electron chi connectivity index (χ2n) is 10.6. The largest absolute Gasteiger partial charge is 0.335 e. The zero-order valence-corrected chi connectivity index (χ0v) is 23.4. The average molecular weight is 545 g/mol. The van der Waals surface area contributed by atoms with Crippen molar-refractivity contribution in [2.45, 2.75) is 19.9 Å². The highest BCUT2D eigenvalue weighted by molar-refractivity contribution is 5.94. The van der Waals surface area contributed by atoms with Gasteiger partial charge in [-0.05, 0) is 60.4 Å². The Morgan fingerprint density at radius 2 is 1.37 bits per heavy atom. The van der Waals surface area contributed by atoms with E-state index in [1.165, 1.54) is 17.2 Å². The molecule has 0 aliphatic carbocycles. The molecule has 1 aliphatic rings. The molecule has 0 atom stereocenters. The second-order valence-corrected chi connectivity index (χ2v) is 10.6. The predicted octanol–water partition coefficient (Wildman–Crippen LogP) is 6.84. The third kappa shape index (κ3) is 5.43. The van der Waals surface area contributed by atoms with Crippen molar-refractivity contribution >= 4 is 5.91 Å². The molecule has 0 spiro atoms. The maximum atomic E-state index is 14.8. The number of nitrogens with zero attached hydrogens (tertiary/aromatic N) is 4. The maximum absolute atomic E-state index is 14.8. The molecule has 0 radical (unpaired) electrons. The van der Waals surface area contributed by atoms with E-state index in [0.717, 1.165) is 29.9 Å². The van der Waals surface area contributed by atoms with Crippen LogP contribution < -0.4 is 0 Å². The minimum absolute atomic E-state index is 0.100. The summed E-state index contributed by atoms with van der Waals surface area (Å²) in [7, 11) is 0. The summed E-state index contributed by atoms with van der Waals surface area (Å²) in [4.78, 5) is 18.4. The van der Waals surface area contributed by atoms with E-state index >= 15 is 0 Å². The van der Waals surface area contributed by atoms with Gasteiger partial charge in [0.1, 0.15) is 11.5 Å². The molecule has 6 heteroatoms. The van der Waals surface area contributed by atoms with Crippen LogP contribution in [0, 0.1) is 19.7 Å². The number of carbonyl (C=O) groups is 1. The van der Waals surface area contributed by atoms with Crippen molar-refractivity contribution in [1.29, 1.82) is 0 Å². The lowest BCUT2D eigenvalue weighted by atomic mass is 9.96. The van der Waals surface area contributed by atoms with Crippen molar-refractivity contribution in [1.82, 2.24) is 19.6 Å². The molecule has 1 aliphatic heterocycles. The number of piperazine rings is 1. The molecule has 6 rings (SSSR count). The van der Waals surface area contributed by atoms with Gasteiger partial charge in [0.15, 0.2) is 0 Å². The van der Waals surface area contributed by atoms with E-state index in [1.807, 2.05) is 49.1 Å². The number of hydrogen-bond acceptors (Lipinski definition) is 3. The molecule has 5 aromatic rings. The Hall–Kier alpha value is -4.55. The molecular formula is C35H33FN4O. The standard InChI is InChI=1S/C35H33FN4O/c1-25-17-18-26(2)32(23-25)40-33(24-31(37-40)29-15-9-10-16-30(29)36)35(41)39-21-19-38(20-22-39)34(27-11-5-3-6-12-27)28-13-7-4-8-14-28/h3-18,23-24,34H,19-22H2,1-2H3. The van der Waals surface area contributed by atoms with Gasteiger partial charge in [-0.1, -0.05) is 84.9 Å². The first kappa shape index (κ1) is 26.7. The van der Waals surface area contributed by atoms with Gasteiger partial charge < -0.3 is 4.90 Å². The first-order chi connectivity index (χ1) is 20.0. The zero-order chi connectivity index (χ0) is 28.3. The number of benzene rings is 4. The number of hydrogen-bond donors (Lipinski definition) is 0. The Kier molecular flexibility index (Phi) is 7.49. The molecule has 0 bridgehead atoms. The Morgan fingerprint density at radius 1 is 0.756 bits per heavy atom. The van der Waals surface area contributed by atoms with Gasteiger partial charge in [-0.25, -0.2) is 9.07 Å². The average Bonchev–Trinajstić information content (AvgIpc) is 3.45. The van der Waals surface area contributed by atoms with Gasteiger partial charge in [0.25, 0.3) is 5.91 Å². The quantitative estimate of drug-likeness (QED) is 0.235. The molecule has 5 nitrogen and oxygen atoms in total. The summed E-state index contributed by atoms with van der Waals surface area (Å²) in [5, 5.41) is 4.77. The number of aryl methyl sites for hydroxylation is 2. The topological polar surface area (TPSA) is 41.4 Å². The summed E-state index contributed by atoms with van der Waals surface area (Å²) in [6, 6.07) is 35.5. The summed E-state index contributed by atoms with van der Waals surface area (Å²) in [6.07, 6.45) is 0. The summed E-state index contributed by atoms with van der Waals surface area (Å²) >= 11 is 0. The third-order valence-electron chi connectivity index (χ3n) is 7.87. The number of amides is 1. The van der Waals surface area contributed by atoms with Crippen LogP contribution in [-0.2, 0) is 0 Å². The second kappa shape index (κ2) is 11.5. The van der Waals surface area contributed by atoms with Crippen LogP contribution in [0.15, 0.2) is 109 Å². The van der Waals surface area contributed by atoms with Crippen molar-refractivity contribution < 1.29 is 9.18 Å². The first-order valence-corrected chi connectivity index (χ1v) is 14.1. The molecule has 1 saturated heterocycles. The highest BCUT2D eigenvalue weighted by Crippen LogP contribution is 2.31. The number of rotatable bonds is 6. The Labute approximate surface area is 240 Å². The predicted molar refractivity (Wildman–Crippen MR) is 161 cm³/mol. The van der Waals surface area contributed by atoms with E-state index in [2.05, 4.69) is 53.4 Å². The van der Waals surface area contributed by atoms with Gasteiger partial charge >= 0.3 is 0 Å². The molecule has 0 unspecified atom stereocenters. The van der Waals surface area contributed by atoms with E-state index < -0.39 is 0 Å². The third-order valence-corrected chi connectivity index (χ3v) is 7.87. The van der Waals surface area contributed by atoms with Crippen LogP contribution in [0.1, 0.15) is 38.8 Å². The highest BCUT2D eigenvalue weighted by Gasteiger charge is 2.30. The van der Waals surface area contributed by atoms with Crippen LogP contribution in [0.3, 0.4) is 0 Å². The highest BCUT2D eigenvalue weighted by atomic mass is 19.1. The van der Waals surface area contributed by atoms with Gasteiger partial charge in [-0.15, -0.1) is 0 Å². The lowest BCUT2D eigenvalue weighted by Crippen LogP contribution is -2.50. The van der Waals surface area contributed by atoms with E-state index in [4.69, 9.17) is 5.10 Å². The minimum Gasteiger partial charge on any atom is -0.335 e. The Morgan fingerprint density at radius 3 is 2.00 bits per heavy atom. The molecule has 206 valence electrons. The normalized spacial score (nSPS) is 14.0. The lowest BCUT2D eigenvalue weighted by molar-refractivity contribution is 0.0588. The molecule has 2 heterocycles. The summed E-state index contributed by atoms with van der Waals surface area (Å²) in [5.41, 5.74) is 6.61. The molecular weight excluding hydrogens is 511 g/mol. The van der Waals surface area contributed by atoms with Crippen LogP contribution >= 0.6 is 0 Å². The van der Waals surface area contributed by atoms with Crippen LogP contribution in [-0.4, -0.2) is 51.7 Å². The smallest absolute Gasteiger partial charge is 0.272 e. The maximum Gasteiger partial charge on any atom is 0.272 e. The van der Waals surface area contributed by atoms with Crippen LogP contribution in [0.4, 0.5) is 4.39 Å². The Balaban J connectivity index is 1.31. The molecule has 4 aromatic carbocycles. The van der Waals surface area contributed by atoms with Gasteiger partial charge in [0, 0.05) is 31.7 Å². The molecule has 1 amide bonds. The van der Waals surface area contributed by atoms with Crippen LogP contribution in [0.5, 0.6) is 0 Å². The summed E-state index contributed by atoms with van der Waals surface area (Å²) in [6.45, 7) is 6.65. The zero-order valence-electron chi connectivity index (χ0n) is 23.4. The van der Waals surface area contributed by atoms with E-state index in [1.54, 1.807) is 28.9 Å². The van der Waals surface area contributed by atoms with Gasteiger partial charge in [-0.3, -0.25) is 9.69 Å². The van der Waals surface area contributed by atoms with Gasteiger partial charge in [-0.2, -0.15) is 5.10 Å². The van der Waals surface area contributed by atoms with E-state index in [9.17, 15) is 9.18 Å². The first-order valence-electron chi connectivity index (χ1n) is 14.1. The molecule has 0 N–H and O–H groups in total. The van der Waals surface area contributed by atoms with E-state index in [0.29, 0.717) is 30.0 Å². The minimum atomic E-state index is -0.362. The SMILES string of the molecule is Cc1ccc(C)c(-n2nc(-c3ccccc3F)cc2C(=O)N2CCN(C(c3ccccc3)c3ccccc3)CC2)c1. The van der Waals surface area contributed by atoms with Crippen molar-refractivity contribution in [3.63, 3.8) is 0 Å². The number of carbonyl (C=O) groups excluding carboxylic acids is 1. The van der Waals surface area contributed by atoms with Crippen molar-refractivity contribution in [3.05, 3.63) is 143 Å². The van der Waals surface area contributed by atoms with Gasteiger partial charge in [0.05, 0.1) is 17.4 Å². The van der Waals surface area contributed by atoms with Crippen molar-refractivity contribution in [2.24, 2.45) is 0 Å². The molecule has 41 heavy (non-hydrogen) atoms. The lowest BCUT2D eigenvalue weighted by Gasteiger charge is -2.39. The van der Waals surface area contributed by atoms with Crippen molar-refractivity contribution in [3.8, 4) is 16.9 Å². The van der Waals surface area contributed by atoms with Crippen molar-refractivity contribution in [2.75, 3.05) is 26.2 Å². The fraction of sp³-hybridized carbons (Fsp3) is 0.200. The van der Waals surface area contributed by atoms with Crippen LogP contribution in [0.2, 0.25) is 0 Å². The Bertz CT molecular complexity index is 1620. The molecule has 0 saturated carbocycles. The van der Waals surface area contributed by atoms with Gasteiger partial charge in [0.2, 0.25) is 0 Å². The summed E-state index contributed by atoms with van der Waals surface area (Å²) < 4.78 is 16.5. The number of halogens is 1. The fourth-order valence-corrected chi connectivity index (χ4v) is 5.70. The van der Waals surface area contributed by atoms with Crippen LogP contribution in [0.25, 0.3) is 16.9 Å².